The molecule has 0 spiro atoms. The lowest BCUT2D eigenvalue weighted by Gasteiger charge is -2.06. The molecular weight excluding hydrogens is 372 g/mol. The molecule has 134 valence electrons. The molecule has 1 heterocycles. The third-order valence-electron chi connectivity index (χ3n) is 3.76. The van der Waals surface area contributed by atoms with Gasteiger partial charge in [-0.05, 0) is 24.3 Å². The first-order chi connectivity index (χ1) is 12.6. The second-order valence-electron chi connectivity index (χ2n) is 5.39. The number of halogens is 1. The highest BCUT2D eigenvalue weighted by atomic mass is 35.5. The maximum Gasteiger partial charge on any atom is 0.279 e. The van der Waals surface area contributed by atoms with Gasteiger partial charge in [0.05, 0.1) is 29.5 Å². The van der Waals surface area contributed by atoms with Gasteiger partial charge in [-0.1, -0.05) is 35.1 Å². The van der Waals surface area contributed by atoms with Crippen molar-refractivity contribution in [3.63, 3.8) is 0 Å². The fraction of sp³-hybridized carbons (Fsp3) is 0.158. The fourth-order valence-corrected chi connectivity index (χ4v) is 3.95. The predicted molar refractivity (Wildman–Crippen MR) is 104 cm³/mol. The van der Waals surface area contributed by atoms with E-state index in [1.807, 2.05) is 22.8 Å². The highest BCUT2D eigenvalue weighted by Crippen LogP contribution is 2.26. The number of thiazole rings is 1. The van der Waals surface area contributed by atoms with E-state index in [-0.39, 0.29) is 5.91 Å². The largest absolute Gasteiger partial charge is 0.497 e. The van der Waals surface area contributed by atoms with Gasteiger partial charge in [0.1, 0.15) is 11.5 Å². The average Bonchev–Trinajstić information content (AvgIpc) is 3.00. The molecule has 7 heteroatoms. The number of aromatic nitrogens is 1. The number of benzene rings is 2. The summed E-state index contributed by atoms with van der Waals surface area (Å²) in [5.74, 6) is 0.671. The molecule has 26 heavy (non-hydrogen) atoms. The Morgan fingerprint density at radius 3 is 2.58 bits per heavy atom. The van der Waals surface area contributed by atoms with Crippen LogP contribution >= 0.6 is 22.9 Å². The maximum atomic E-state index is 12.7. The Kier molecular flexibility index (Phi) is 5.44. The molecule has 1 aromatic heterocycles. The van der Waals surface area contributed by atoms with E-state index < -0.39 is 0 Å². The first-order valence-corrected chi connectivity index (χ1v) is 8.97. The van der Waals surface area contributed by atoms with Crippen molar-refractivity contribution < 1.29 is 14.3 Å². The maximum absolute atomic E-state index is 12.7. The quantitative estimate of drug-likeness (QED) is 0.612. The summed E-state index contributed by atoms with van der Waals surface area (Å²) in [7, 11) is 3.07. The van der Waals surface area contributed by atoms with Gasteiger partial charge in [-0.15, -0.1) is 6.58 Å². The lowest BCUT2D eigenvalue weighted by Crippen LogP contribution is -2.16. The van der Waals surface area contributed by atoms with E-state index in [0.717, 1.165) is 10.2 Å². The molecule has 0 saturated carbocycles. The van der Waals surface area contributed by atoms with Crippen LogP contribution in [0.4, 0.5) is 0 Å². The molecule has 3 rings (SSSR count). The van der Waals surface area contributed by atoms with Gasteiger partial charge in [0.2, 0.25) is 0 Å². The van der Waals surface area contributed by atoms with Gasteiger partial charge in [-0.25, -0.2) is 0 Å². The zero-order chi connectivity index (χ0) is 18.7. The zero-order valence-corrected chi connectivity index (χ0v) is 15.9. The topological polar surface area (TPSA) is 52.8 Å². The molecule has 0 N–H and O–H groups in total. The minimum atomic E-state index is -0.386. The highest BCUT2D eigenvalue weighted by Gasteiger charge is 2.12. The Bertz CT molecular complexity index is 1030. The normalized spacial score (nSPS) is 11.6. The second kappa shape index (κ2) is 7.76. The van der Waals surface area contributed by atoms with Crippen LogP contribution in [0.15, 0.2) is 54.0 Å². The molecule has 1 amide bonds. The van der Waals surface area contributed by atoms with E-state index in [4.69, 9.17) is 21.1 Å². The minimum absolute atomic E-state index is 0.384. The molecule has 0 aliphatic carbocycles. The summed E-state index contributed by atoms with van der Waals surface area (Å²) >= 11 is 7.74. The number of carbonyl (C=O) groups excluding carboxylic acids is 1. The van der Waals surface area contributed by atoms with Crippen LogP contribution in [0.2, 0.25) is 5.02 Å². The van der Waals surface area contributed by atoms with Crippen LogP contribution < -0.4 is 14.3 Å². The first-order valence-electron chi connectivity index (χ1n) is 7.78. The average molecular weight is 389 g/mol. The van der Waals surface area contributed by atoms with Gasteiger partial charge < -0.3 is 14.0 Å². The van der Waals surface area contributed by atoms with Crippen LogP contribution in [-0.4, -0.2) is 24.7 Å². The third-order valence-corrected chi connectivity index (χ3v) is 5.11. The van der Waals surface area contributed by atoms with Crippen molar-refractivity contribution in [2.24, 2.45) is 4.99 Å². The van der Waals surface area contributed by atoms with Gasteiger partial charge in [-0.3, -0.25) is 4.79 Å². The van der Waals surface area contributed by atoms with Crippen LogP contribution in [0.3, 0.4) is 0 Å². The molecule has 0 aliphatic rings. The van der Waals surface area contributed by atoms with E-state index in [2.05, 4.69) is 11.6 Å². The number of nitrogens with zero attached hydrogens (tertiary/aromatic N) is 2. The predicted octanol–water partition coefficient (Wildman–Crippen LogP) is 4.30. The molecular formula is C19H17ClN2O3S. The van der Waals surface area contributed by atoms with Gasteiger partial charge >= 0.3 is 0 Å². The van der Waals surface area contributed by atoms with Gasteiger partial charge in [0, 0.05) is 18.2 Å². The van der Waals surface area contributed by atoms with E-state index in [1.54, 1.807) is 24.3 Å². The van der Waals surface area contributed by atoms with Crippen LogP contribution in [0, 0.1) is 0 Å². The molecule has 0 radical (unpaired) electrons. The highest BCUT2D eigenvalue weighted by molar-refractivity contribution is 7.16. The van der Waals surface area contributed by atoms with Crippen LogP contribution in [0.25, 0.3) is 10.2 Å². The van der Waals surface area contributed by atoms with Crippen LogP contribution in [0.1, 0.15) is 10.4 Å². The molecule has 0 unspecified atom stereocenters. The number of carbonyl (C=O) groups is 1. The number of allylic oxidation sites excluding steroid dienone is 1. The number of fused-ring (bicyclic) bond motifs is 1. The SMILES string of the molecule is C=CCn1c(=NC(=O)c2cc(OC)cc(OC)c2)sc2cccc(Cl)c21. The van der Waals surface area contributed by atoms with Gasteiger partial charge in [0.15, 0.2) is 4.80 Å². The molecule has 0 saturated heterocycles. The minimum Gasteiger partial charge on any atom is -0.497 e. The first kappa shape index (κ1) is 18.2. The van der Waals surface area contributed by atoms with Crippen LogP contribution in [-0.2, 0) is 6.54 Å². The summed E-state index contributed by atoms with van der Waals surface area (Å²) in [6.45, 7) is 4.27. The number of hydrogen-bond donors (Lipinski definition) is 0. The monoisotopic (exact) mass is 388 g/mol. The Morgan fingerprint density at radius 1 is 1.27 bits per heavy atom. The Balaban J connectivity index is 2.15. The summed E-state index contributed by atoms with van der Waals surface area (Å²) in [6.07, 6.45) is 1.74. The lowest BCUT2D eigenvalue weighted by atomic mass is 10.2. The summed E-state index contributed by atoms with van der Waals surface area (Å²) < 4.78 is 13.3. The lowest BCUT2D eigenvalue weighted by molar-refractivity contribution is 0.0997. The molecule has 0 bridgehead atoms. The number of ether oxygens (including phenoxy) is 2. The van der Waals surface area contributed by atoms with Crippen molar-refractivity contribution in [1.29, 1.82) is 0 Å². The van der Waals surface area contributed by atoms with Gasteiger partial charge in [-0.2, -0.15) is 4.99 Å². The van der Waals surface area contributed by atoms with E-state index >= 15 is 0 Å². The molecule has 2 aromatic carbocycles. The number of rotatable bonds is 5. The number of para-hydroxylation sites is 1. The Hall–Kier alpha value is -2.57. The standard InChI is InChI=1S/C19H17ClN2O3S/c1-4-8-22-17-15(20)6-5-7-16(17)26-19(22)21-18(23)12-9-13(24-2)11-14(10-12)25-3/h4-7,9-11H,1,8H2,2-3H3. The summed E-state index contributed by atoms with van der Waals surface area (Å²) in [4.78, 5) is 17.6. The molecule has 0 atom stereocenters. The summed E-state index contributed by atoms with van der Waals surface area (Å²) in [6, 6.07) is 10.6. The van der Waals surface area contributed by atoms with Crippen molar-refractivity contribution in [3.05, 3.63) is 64.4 Å². The molecule has 5 nitrogen and oxygen atoms in total. The smallest absolute Gasteiger partial charge is 0.279 e. The van der Waals surface area contributed by atoms with Crippen molar-refractivity contribution in [1.82, 2.24) is 4.57 Å². The Labute approximate surface area is 159 Å². The second-order valence-corrected chi connectivity index (χ2v) is 6.81. The van der Waals surface area contributed by atoms with E-state index in [1.165, 1.54) is 25.6 Å². The molecule has 3 aromatic rings. The summed E-state index contributed by atoms with van der Waals surface area (Å²) in [5, 5.41) is 0.609. The fourth-order valence-electron chi connectivity index (χ4n) is 2.55. The molecule has 0 aliphatic heterocycles. The van der Waals surface area contributed by atoms with Crippen molar-refractivity contribution in [2.75, 3.05) is 14.2 Å². The summed E-state index contributed by atoms with van der Waals surface area (Å²) in [5.41, 5.74) is 1.23. The van der Waals surface area contributed by atoms with Crippen molar-refractivity contribution in [3.8, 4) is 11.5 Å². The van der Waals surface area contributed by atoms with Crippen molar-refractivity contribution >= 4 is 39.1 Å². The van der Waals surface area contributed by atoms with E-state index in [0.29, 0.717) is 33.4 Å². The van der Waals surface area contributed by atoms with Gasteiger partial charge in [0.25, 0.3) is 5.91 Å². The van der Waals surface area contributed by atoms with E-state index in [9.17, 15) is 4.79 Å². The zero-order valence-electron chi connectivity index (χ0n) is 14.4. The third kappa shape index (κ3) is 3.52. The van der Waals surface area contributed by atoms with Crippen LogP contribution in [0.5, 0.6) is 11.5 Å². The number of methoxy groups -OCH3 is 2. The van der Waals surface area contributed by atoms with Crippen molar-refractivity contribution in [2.45, 2.75) is 6.54 Å². The number of hydrogen-bond acceptors (Lipinski definition) is 4. The Morgan fingerprint density at radius 2 is 1.96 bits per heavy atom. The number of amides is 1. The molecule has 0 fully saturated rings.